The van der Waals surface area contributed by atoms with Gasteiger partial charge in [0, 0.05) is 37.7 Å². The number of nitrogens with one attached hydrogen (secondary N) is 2. The molecule has 0 saturated carbocycles. The second-order valence-electron chi connectivity index (χ2n) is 4.69. The predicted molar refractivity (Wildman–Crippen MR) is 78.9 cm³/mol. The van der Waals surface area contributed by atoms with Crippen LogP contribution in [0.25, 0.3) is 0 Å². The Morgan fingerprint density at radius 1 is 1.30 bits per heavy atom. The molecule has 0 radical (unpaired) electrons. The standard InChI is InChI=1S/C14H20ClN3O2/c15-13-3-1-2-12(10-13)11-17-14(19)16-4-5-18-6-8-20-9-7-18/h1-3,10H,4-9,11H2,(H2,16,17,19). The molecule has 1 heterocycles. The van der Waals surface area contributed by atoms with E-state index in [1.54, 1.807) is 0 Å². The number of nitrogens with zero attached hydrogens (tertiary/aromatic N) is 1. The Morgan fingerprint density at radius 2 is 2.10 bits per heavy atom. The summed E-state index contributed by atoms with van der Waals surface area (Å²) in [6.07, 6.45) is 0. The first-order valence-electron chi connectivity index (χ1n) is 6.80. The van der Waals surface area contributed by atoms with E-state index in [0.29, 0.717) is 18.1 Å². The molecule has 6 heteroatoms. The summed E-state index contributed by atoms with van der Waals surface area (Å²) in [6.45, 7) is 5.40. The SMILES string of the molecule is O=C(NCCN1CCOCC1)NCc1cccc(Cl)c1. The summed E-state index contributed by atoms with van der Waals surface area (Å²) in [4.78, 5) is 13.9. The van der Waals surface area contributed by atoms with Crippen LogP contribution < -0.4 is 10.6 Å². The largest absolute Gasteiger partial charge is 0.379 e. The summed E-state index contributed by atoms with van der Waals surface area (Å²) in [6, 6.07) is 7.30. The van der Waals surface area contributed by atoms with Crippen molar-refractivity contribution < 1.29 is 9.53 Å². The molecule has 0 unspecified atom stereocenters. The molecule has 0 spiro atoms. The molecular formula is C14H20ClN3O2. The zero-order valence-electron chi connectivity index (χ0n) is 11.4. The first kappa shape index (κ1) is 15.1. The van der Waals surface area contributed by atoms with Crippen LogP contribution in [-0.2, 0) is 11.3 Å². The molecule has 20 heavy (non-hydrogen) atoms. The molecule has 0 bridgehead atoms. The third-order valence-corrected chi connectivity index (χ3v) is 3.39. The fraction of sp³-hybridized carbons (Fsp3) is 0.500. The van der Waals surface area contributed by atoms with Crippen molar-refractivity contribution in [2.45, 2.75) is 6.54 Å². The second-order valence-corrected chi connectivity index (χ2v) is 5.13. The molecule has 1 saturated heterocycles. The quantitative estimate of drug-likeness (QED) is 0.865. The van der Waals surface area contributed by atoms with E-state index in [0.717, 1.165) is 38.4 Å². The van der Waals surface area contributed by atoms with Gasteiger partial charge in [0.15, 0.2) is 0 Å². The van der Waals surface area contributed by atoms with E-state index in [-0.39, 0.29) is 6.03 Å². The van der Waals surface area contributed by atoms with E-state index in [1.807, 2.05) is 24.3 Å². The fourth-order valence-corrected chi connectivity index (χ4v) is 2.26. The summed E-state index contributed by atoms with van der Waals surface area (Å²) in [5.41, 5.74) is 0.987. The van der Waals surface area contributed by atoms with Gasteiger partial charge in [-0.15, -0.1) is 0 Å². The van der Waals surface area contributed by atoms with Gasteiger partial charge in [-0.3, -0.25) is 4.90 Å². The van der Waals surface area contributed by atoms with Crippen molar-refractivity contribution in [2.75, 3.05) is 39.4 Å². The maximum Gasteiger partial charge on any atom is 0.315 e. The molecule has 1 aromatic carbocycles. The highest BCUT2D eigenvalue weighted by molar-refractivity contribution is 6.30. The minimum absolute atomic E-state index is 0.154. The molecule has 2 rings (SSSR count). The van der Waals surface area contributed by atoms with Gasteiger partial charge in [0.2, 0.25) is 0 Å². The third kappa shape index (κ3) is 5.36. The number of carbonyl (C=O) groups is 1. The van der Waals surface area contributed by atoms with Crippen molar-refractivity contribution in [3.05, 3.63) is 34.9 Å². The Morgan fingerprint density at radius 3 is 2.85 bits per heavy atom. The van der Waals surface area contributed by atoms with Crippen molar-refractivity contribution in [1.82, 2.24) is 15.5 Å². The third-order valence-electron chi connectivity index (χ3n) is 3.16. The van der Waals surface area contributed by atoms with E-state index < -0.39 is 0 Å². The Bertz CT molecular complexity index is 436. The highest BCUT2D eigenvalue weighted by Crippen LogP contribution is 2.10. The number of halogens is 1. The summed E-state index contributed by atoms with van der Waals surface area (Å²) < 4.78 is 5.27. The molecule has 0 atom stereocenters. The average molecular weight is 298 g/mol. The van der Waals surface area contributed by atoms with Crippen molar-refractivity contribution in [1.29, 1.82) is 0 Å². The molecule has 1 aliphatic rings. The van der Waals surface area contributed by atoms with Crippen LogP contribution in [0.5, 0.6) is 0 Å². The maximum absolute atomic E-state index is 11.6. The summed E-state index contributed by atoms with van der Waals surface area (Å²) in [7, 11) is 0. The molecule has 5 nitrogen and oxygen atoms in total. The van der Waals surface area contributed by atoms with Crippen LogP contribution in [0.4, 0.5) is 4.79 Å². The Labute approximate surface area is 124 Å². The molecule has 1 aliphatic heterocycles. The average Bonchev–Trinajstić information content (AvgIpc) is 2.46. The fourth-order valence-electron chi connectivity index (χ4n) is 2.04. The lowest BCUT2D eigenvalue weighted by Gasteiger charge is -2.26. The highest BCUT2D eigenvalue weighted by atomic mass is 35.5. The zero-order chi connectivity index (χ0) is 14.2. The number of morpholine rings is 1. The second kappa shape index (κ2) is 8.09. The van der Waals surface area contributed by atoms with Crippen molar-refractivity contribution >= 4 is 17.6 Å². The number of rotatable bonds is 5. The number of hydrogen-bond donors (Lipinski definition) is 2. The lowest BCUT2D eigenvalue weighted by atomic mass is 10.2. The van der Waals surface area contributed by atoms with Gasteiger partial charge in [0.1, 0.15) is 0 Å². The maximum atomic E-state index is 11.6. The van der Waals surface area contributed by atoms with E-state index in [9.17, 15) is 4.79 Å². The number of amides is 2. The molecule has 0 aliphatic carbocycles. The molecule has 2 N–H and O–H groups in total. The molecule has 1 fully saturated rings. The highest BCUT2D eigenvalue weighted by Gasteiger charge is 2.09. The van der Waals surface area contributed by atoms with Gasteiger partial charge >= 0.3 is 6.03 Å². The van der Waals surface area contributed by atoms with Crippen LogP contribution in [0.15, 0.2) is 24.3 Å². The topological polar surface area (TPSA) is 53.6 Å². The molecule has 1 aromatic rings. The predicted octanol–water partition coefficient (Wildman–Crippen LogP) is 1.47. The van der Waals surface area contributed by atoms with Gasteiger partial charge in [-0.1, -0.05) is 23.7 Å². The first-order chi connectivity index (χ1) is 9.74. The van der Waals surface area contributed by atoms with Gasteiger partial charge in [-0.05, 0) is 17.7 Å². The van der Waals surface area contributed by atoms with Crippen LogP contribution in [0.1, 0.15) is 5.56 Å². The van der Waals surface area contributed by atoms with Crippen molar-refractivity contribution in [3.63, 3.8) is 0 Å². The van der Waals surface area contributed by atoms with Crippen LogP contribution in [-0.4, -0.2) is 50.3 Å². The number of ether oxygens (including phenoxy) is 1. The lowest BCUT2D eigenvalue weighted by molar-refractivity contribution is 0.0387. The Hall–Kier alpha value is -1.30. The lowest BCUT2D eigenvalue weighted by Crippen LogP contribution is -2.43. The van der Waals surface area contributed by atoms with Gasteiger partial charge < -0.3 is 15.4 Å². The minimum Gasteiger partial charge on any atom is -0.379 e. The summed E-state index contributed by atoms with van der Waals surface area (Å²) >= 11 is 5.89. The van der Waals surface area contributed by atoms with E-state index >= 15 is 0 Å². The van der Waals surface area contributed by atoms with Crippen molar-refractivity contribution in [3.8, 4) is 0 Å². The number of carbonyl (C=O) groups excluding carboxylic acids is 1. The van der Waals surface area contributed by atoms with Gasteiger partial charge in [0.25, 0.3) is 0 Å². The Balaban J connectivity index is 1.60. The van der Waals surface area contributed by atoms with Gasteiger partial charge in [-0.25, -0.2) is 4.79 Å². The van der Waals surface area contributed by atoms with Gasteiger partial charge in [0.05, 0.1) is 13.2 Å². The molecular weight excluding hydrogens is 278 g/mol. The van der Waals surface area contributed by atoms with Crippen LogP contribution in [0.2, 0.25) is 5.02 Å². The molecule has 110 valence electrons. The zero-order valence-corrected chi connectivity index (χ0v) is 12.2. The molecule has 0 aromatic heterocycles. The van der Waals surface area contributed by atoms with E-state index in [1.165, 1.54) is 0 Å². The Kier molecular flexibility index (Phi) is 6.11. The van der Waals surface area contributed by atoms with Crippen molar-refractivity contribution in [2.24, 2.45) is 0 Å². The summed E-state index contributed by atoms with van der Waals surface area (Å²) in [5, 5.41) is 6.34. The van der Waals surface area contributed by atoms with Gasteiger partial charge in [-0.2, -0.15) is 0 Å². The first-order valence-corrected chi connectivity index (χ1v) is 7.18. The monoisotopic (exact) mass is 297 g/mol. The molecule has 2 amide bonds. The normalized spacial score (nSPS) is 15.8. The number of urea groups is 1. The van der Waals surface area contributed by atoms with Crippen LogP contribution in [0.3, 0.4) is 0 Å². The number of benzene rings is 1. The van der Waals surface area contributed by atoms with E-state index in [4.69, 9.17) is 16.3 Å². The summed E-state index contributed by atoms with van der Waals surface area (Å²) in [5.74, 6) is 0. The number of hydrogen-bond acceptors (Lipinski definition) is 3. The van der Waals surface area contributed by atoms with E-state index in [2.05, 4.69) is 15.5 Å². The minimum atomic E-state index is -0.154. The van der Waals surface area contributed by atoms with Crippen LogP contribution in [0, 0.1) is 0 Å². The smallest absolute Gasteiger partial charge is 0.315 e. The van der Waals surface area contributed by atoms with Crippen LogP contribution >= 0.6 is 11.6 Å².